The summed E-state index contributed by atoms with van der Waals surface area (Å²) in [4.78, 5) is 0. The molecular weight excluding hydrogens is 407 g/mol. The number of likely N-dealkylation sites (N-methyl/N-ethyl adjacent to an activating group) is 1. The van der Waals surface area contributed by atoms with Crippen molar-refractivity contribution >= 4 is 38.5 Å². The number of hydrogen-bond donors (Lipinski definition) is 1. The molecule has 1 aromatic carbocycles. The maximum atomic E-state index is 4.14. The van der Waals surface area contributed by atoms with Crippen molar-refractivity contribution in [3.8, 4) is 0 Å². The molecule has 0 amide bonds. The average molecular weight is 421 g/mol. The maximum absolute atomic E-state index is 4.14. The molecule has 0 radical (unpaired) electrons. The van der Waals surface area contributed by atoms with Crippen LogP contribution >= 0.6 is 38.5 Å². The largest absolute Gasteiger partial charge is 0.313 e. The number of rotatable bonds is 4. The molecule has 2 aromatic rings. The summed E-state index contributed by atoms with van der Waals surface area (Å²) in [6.07, 6.45) is 2.77. The zero-order chi connectivity index (χ0) is 13.1. The van der Waals surface area contributed by atoms with E-state index in [0.717, 1.165) is 16.6 Å². The molecule has 0 aliphatic heterocycles. The predicted molar refractivity (Wildman–Crippen MR) is 83.4 cm³/mol. The zero-order valence-electron chi connectivity index (χ0n) is 10.2. The fourth-order valence-corrected chi connectivity index (χ4v) is 2.89. The van der Waals surface area contributed by atoms with Gasteiger partial charge in [-0.2, -0.15) is 0 Å². The lowest BCUT2D eigenvalue weighted by molar-refractivity contribution is 0.581. The van der Waals surface area contributed by atoms with Crippen LogP contribution in [-0.2, 0) is 13.5 Å². The lowest BCUT2D eigenvalue weighted by atomic mass is 10.0. The highest BCUT2D eigenvalue weighted by Gasteiger charge is 2.15. The van der Waals surface area contributed by atoms with E-state index in [1.807, 2.05) is 20.3 Å². The molecule has 1 atom stereocenters. The van der Waals surface area contributed by atoms with E-state index in [1.165, 1.54) is 9.13 Å². The van der Waals surface area contributed by atoms with E-state index in [0.29, 0.717) is 0 Å². The molecule has 0 fully saturated rings. The highest BCUT2D eigenvalue weighted by molar-refractivity contribution is 14.1. The van der Waals surface area contributed by atoms with Crippen molar-refractivity contribution in [3.63, 3.8) is 0 Å². The molecule has 6 heteroatoms. The highest BCUT2D eigenvalue weighted by atomic mass is 127. The summed E-state index contributed by atoms with van der Waals surface area (Å²) >= 11 is 5.93. The first-order chi connectivity index (χ1) is 8.60. The molecule has 0 aliphatic carbocycles. The minimum Gasteiger partial charge on any atom is -0.313 e. The molecule has 0 aliphatic rings. The molecule has 96 valence electrons. The Labute approximate surface area is 128 Å². The van der Waals surface area contributed by atoms with Crippen LogP contribution in [0.2, 0.25) is 0 Å². The van der Waals surface area contributed by atoms with E-state index in [4.69, 9.17) is 0 Å². The fourth-order valence-electron chi connectivity index (χ4n) is 1.85. The van der Waals surface area contributed by atoms with Crippen molar-refractivity contribution in [2.24, 2.45) is 7.05 Å². The van der Waals surface area contributed by atoms with Crippen LogP contribution in [0.15, 0.2) is 28.9 Å². The molecule has 18 heavy (non-hydrogen) atoms. The van der Waals surface area contributed by atoms with Gasteiger partial charge < -0.3 is 5.32 Å². The zero-order valence-corrected chi connectivity index (χ0v) is 13.9. The Hall–Kier alpha value is -0.470. The first-order valence-corrected chi connectivity index (χ1v) is 7.44. The Bertz CT molecular complexity index is 541. The highest BCUT2D eigenvalue weighted by Crippen LogP contribution is 2.27. The number of nitrogens with zero attached hydrogens (tertiary/aromatic N) is 3. The summed E-state index contributed by atoms with van der Waals surface area (Å²) in [6, 6.07) is 6.58. The standard InChI is InChI=1S/C12H14BrIN4/c1-15-12(6-9-7-18(2)17-16-9)10-5-8(14)3-4-11(10)13/h3-5,7,12,15H,6H2,1-2H3. The molecule has 2 rings (SSSR count). The summed E-state index contributed by atoms with van der Waals surface area (Å²) in [7, 11) is 3.85. The average Bonchev–Trinajstić information content (AvgIpc) is 2.75. The van der Waals surface area contributed by atoms with Crippen molar-refractivity contribution in [3.05, 3.63) is 43.7 Å². The van der Waals surface area contributed by atoms with Gasteiger partial charge in [-0.05, 0) is 53.4 Å². The Kier molecular flexibility index (Phi) is 4.74. The smallest absolute Gasteiger partial charge is 0.0845 e. The second-order valence-corrected chi connectivity index (χ2v) is 6.19. The van der Waals surface area contributed by atoms with Crippen LogP contribution in [0.25, 0.3) is 0 Å². The van der Waals surface area contributed by atoms with Gasteiger partial charge in [0.25, 0.3) is 0 Å². The molecular formula is C12H14BrIN4. The van der Waals surface area contributed by atoms with Crippen LogP contribution in [0.4, 0.5) is 0 Å². The molecule has 0 bridgehead atoms. The normalized spacial score (nSPS) is 12.7. The predicted octanol–water partition coefficient (Wildman–Crippen LogP) is 2.69. The van der Waals surface area contributed by atoms with Crippen LogP contribution in [0.1, 0.15) is 17.3 Å². The van der Waals surface area contributed by atoms with E-state index in [1.54, 1.807) is 4.68 Å². The summed E-state index contributed by atoms with van der Waals surface area (Å²) in [5.74, 6) is 0. The van der Waals surface area contributed by atoms with Gasteiger partial charge in [0.1, 0.15) is 0 Å². The number of halogens is 2. The van der Waals surface area contributed by atoms with E-state index in [-0.39, 0.29) is 6.04 Å². The van der Waals surface area contributed by atoms with Crippen LogP contribution in [0, 0.1) is 3.57 Å². The van der Waals surface area contributed by atoms with Crippen LogP contribution in [-0.4, -0.2) is 22.0 Å². The quantitative estimate of drug-likeness (QED) is 0.773. The molecule has 1 heterocycles. The number of aromatic nitrogens is 3. The van der Waals surface area contributed by atoms with Gasteiger partial charge in [-0.25, -0.2) is 0 Å². The first kappa shape index (κ1) is 14.0. The van der Waals surface area contributed by atoms with Crippen molar-refractivity contribution in [2.45, 2.75) is 12.5 Å². The Balaban J connectivity index is 2.25. The minimum atomic E-state index is 0.228. The second kappa shape index (κ2) is 6.12. The number of benzene rings is 1. The third kappa shape index (κ3) is 3.30. The van der Waals surface area contributed by atoms with E-state index >= 15 is 0 Å². The van der Waals surface area contributed by atoms with Crippen molar-refractivity contribution < 1.29 is 0 Å². The van der Waals surface area contributed by atoms with E-state index in [2.05, 4.69) is 72.3 Å². The Morgan fingerprint density at radius 1 is 1.50 bits per heavy atom. The van der Waals surface area contributed by atoms with Gasteiger partial charge in [-0.3, -0.25) is 4.68 Å². The molecule has 1 N–H and O–H groups in total. The topological polar surface area (TPSA) is 42.7 Å². The number of aryl methyl sites for hydroxylation is 1. The second-order valence-electron chi connectivity index (χ2n) is 4.09. The molecule has 1 unspecified atom stereocenters. The molecule has 0 saturated carbocycles. The van der Waals surface area contributed by atoms with Gasteiger partial charge in [-0.1, -0.05) is 21.1 Å². The number of hydrogen-bond acceptors (Lipinski definition) is 3. The Morgan fingerprint density at radius 2 is 2.28 bits per heavy atom. The fraction of sp³-hybridized carbons (Fsp3) is 0.333. The van der Waals surface area contributed by atoms with E-state index < -0.39 is 0 Å². The van der Waals surface area contributed by atoms with E-state index in [9.17, 15) is 0 Å². The minimum absolute atomic E-state index is 0.228. The van der Waals surface area contributed by atoms with Crippen molar-refractivity contribution in [1.29, 1.82) is 0 Å². The molecule has 0 saturated heterocycles. The third-order valence-electron chi connectivity index (χ3n) is 2.75. The van der Waals surface area contributed by atoms with Gasteiger partial charge in [0.2, 0.25) is 0 Å². The summed E-state index contributed by atoms with van der Waals surface area (Å²) < 4.78 is 4.07. The van der Waals surface area contributed by atoms with Crippen molar-refractivity contribution in [2.75, 3.05) is 7.05 Å². The number of nitrogens with one attached hydrogen (secondary N) is 1. The van der Waals surface area contributed by atoms with Crippen LogP contribution in [0.3, 0.4) is 0 Å². The Morgan fingerprint density at radius 3 is 2.89 bits per heavy atom. The maximum Gasteiger partial charge on any atom is 0.0845 e. The van der Waals surface area contributed by atoms with Gasteiger partial charge in [0.15, 0.2) is 0 Å². The summed E-state index contributed by atoms with van der Waals surface area (Å²) in [5.41, 5.74) is 2.23. The van der Waals surface area contributed by atoms with Gasteiger partial charge in [-0.15, -0.1) is 5.10 Å². The monoisotopic (exact) mass is 420 g/mol. The van der Waals surface area contributed by atoms with Gasteiger partial charge >= 0.3 is 0 Å². The summed E-state index contributed by atoms with van der Waals surface area (Å²) in [6.45, 7) is 0. The van der Waals surface area contributed by atoms with Gasteiger partial charge in [0, 0.05) is 33.8 Å². The van der Waals surface area contributed by atoms with Gasteiger partial charge in [0.05, 0.1) is 5.69 Å². The lowest BCUT2D eigenvalue weighted by Gasteiger charge is -2.17. The first-order valence-electron chi connectivity index (χ1n) is 5.57. The SMILES string of the molecule is CNC(Cc1cn(C)nn1)c1cc(I)ccc1Br. The molecule has 1 aromatic heterocycles. The van der Waals surface area contributed by atoms with Crippen LogP contribution < -0.4 is 5.32 Å². The summed E-state index contributed by atoms with van der Waals surface area (Å²) in [5, 5.41) is 11.4. The van der Waals surface area contributed by atoms with Crippen LogP contribution in [0.5, 0.6) is 0 Å². The molecule has 0 spiro atoms. The lowest BCUT2D eigenvalue weighted by Crippen LogP contribution is -2.19. The van der Waals surface area contributed by atoms with Crippen molar-refractivity contribution in [1.82, 2.24) is 20.3 Å². The molecule has 4 nitrogen and oxygen atoms in total. The third-order valence-corrected chi connectivity index (χ3v) is 4.14.